The molecule has 0 spiro atoms. The lowest BCUT2D eigenvalue weighted by Gasteiger charge is -2.30. The van der Waals surface area contributed by atoms with Crippen LogP contribution in [0.15, 0.2) is 12.2 Å². The Morgan fingerprint density at radius 1 is 0.886 bits per heavy atom. The van der Waals surface area contributed by atoms with Gasteiger partial charge in [-0.15, -0.1) is 5.06 Å². The number of imide groups is 2. The number of carbonyl (C=O) groups excluding carboxylic acids is 6. The number of hydrogen-bond acceptors (Lipinski definition) is 9. The fourth-order valence-corrected chi connectivity index (χ4v) is 3.18. The number of rotatable bonds is 14. The Labute approximate surface area is 203 Å². The van der Waals surface area contributed by atoms with E-state index in [0.29, 0.717) is 18.1 Å². The summed E-state index contributed by atoms with van der Waals surface area (Å²) in [6.45, 7) is 7.90. The molecule has 0 aliphatic carbocycles. The molecule has 2 aliphatic heterocycles. The molecular formula is C23H33N3O9. The number of amides is 5. The normalized spacial score (nSPS) is 16.5. The lowest BCUT2D eigenvalue weighted by molar-refractivity contribution is -0.198. The smallest absolute Gasteiger partial charge is 0.335 e. The summed E-state index contributed by atoms with van der Waals surface area (Å²) < 4.78 is 11.6. The Hall–Kier alpha value is -3.12. The summed E-state index contributed by atoms with van der Waals surface area (Å²) >= 11 is 0. The molecule has 0 atom stereocenters. The van der Waals surface area contributed by atoms with Gasteiger partial charge < -0.3 is 19.6 Å². The fourth-order valence-electron chi connectivity index (χ4n) is 3.18. The van der Waals surface area contributed by atoms with Crippen LogP contribution < -0.4 is 5.32 Å². The van der Waals surface area contributed by atoms with Gasteiger partial charge in [0.2, 0.25) is 5.91 Å². The van der Waals surface area contributed by atoms with Crippen molar-refractivity contribution in [3.05, 3.63) is 12.2 Å². The van der Waals surface area contributed by atoms with Gasteiger partial charge in [-0.25, -0.2) is 4.79 Å². The van der Waals surface area contributed by atoms with Crippen LogP contribution in [0.4, 0.5) is 0 Å². The van der Waals surface area contributed by atoms with E-state index in [2.05, 4.69) is 5.32 Å². The van der Waals surface area contributed by atoms with Crippen molar-refractivity contribution in [1.82, 2.24) is 15.3 Å². The second-order valence-electron chi connectivity index (χ2n) is 9.45. The molecular weight excluding hydrogens is 462 g/mol. The van der Waals surface area contributed by atoms with Crippen LogP contribution in [0.1, 0.15) is 59.8 Å². The summed E-state index contributed by atoms with van der Waals surface area (Å²) in [4.78, 5) is 75.7. The lowest BCUT2D eigenvalue weighted by Crippen LogP contribution is -2.42. The van der Waals surface area contributed by atoms with Crippen LogP contribution in [0.5, 0.6) is 0 Å². The molecule has 2 aliphatic rings. The van der Waals surface area contributed by atoms with Gasteiger partial charge in [0.25, 0.3) is 23.6 Å². The molecule has 0 bridgehead atoms. The molecule has 12 heteroatoms. The Morgan fingerprint density at radius 2 is 1.46 bits per heavy atom. The molecule has 1 N–H and O–H groups in total. The molecule has 5 amide bonds. The molecule has 1 fully saturated rings. The van der Waals surface area contributed by atoms with E-state index in [1.807, 2.05) is 27.7 Å². The van der Waals surface area contributed by atoms with Gasteiger partial charge in [-0.05, 0) is 34.1 Å². The third kappa shape index (κ3) is 9.21. The summed E-state index contributed by atoms with van der Waals surface area (Å²) in [5.74, 6) is -2.95. The zero-order valence-electron chi connectivity index (χ0n) is 20.6. The number of nitrogens with zero attached hydrogens (tertiary/aromatic N) is 2. The number of carbonyl (C=O) groups is 6. The first-order chi connectivity index (χ1) is 16.3. The predicted octanol–water partition coefficient (Wildman–Crippen LogP) is 0.396. The molecule has 0 aromatic heterocycles. The Bertz CT molecular complexity index is 861. The van der Waals surface area contributed by atoms with Crippen molar-refractivity contribution >= 4 is 35.5 Å². The van der Waals surface area contributed by atoms with E-state index in [4.69, 9.17) is 14.3 Å². The van der Waals surface area contributed by atoms with Crippen molar-refractivity contribution in [3.63, 3.8) is 0 Å². The van der Waals surface area contributed by atoms with Gasteiger partial charge in [0.15, 0.2) is 0 Å². The maximum Gasteiger partial charge on any atom is 0.335 e. The first-order valence-electron chi connectivity index (χ1n) is 11.4. The van der Waals surface area contributed by atoms with Gasteiger partial charge in [-0.1, -0.05) is 0 Å². The van der Waals surface area contributed by atoms with Crippen molar-refractivity contribution in [2.45, 2.75) is 71.0 Å². The van der Waals surface area contributed by atoms with Gasteiger partial charge in [0.05, 0.1) is 30.8 Å². The van der Waals surface area contributed by atoms with Gasteiger partial charge in [-0.2, -0.15) is 0 Å². The minimum atomic E-state index is -0.729. The summed E-state index contributed by atoms with van der Waals surface area (Å²) in [6, 6.07) is 0. The molecule has 2 rings (SSSR count). The highest BCUT2D eigenvalue weighted by atomic mass is 16.7. The number of ether oxygens (including phenoxy) is 2. The Balaban J connectivity index is 1.61. The lowest BCUT2D eigenvalue weighted by atomic mass is 10.1. The van der Waals surface area contributed by atoms with Crippen LogP contribution in [0.2, 0.25) is 0 Å². The summed E-state index contributed by atoms with van der Waals surface area (Å²) in [6.07, 6.45) is 2.79. The molecule has 35 heavy (non-hydrogen) atoms. The van der Waals surface area contributed by atoms with E-state index in [-0.39, 0.29) is 51.3 Å². The quantitative estimate of drug-likeness (QED) is 0.338. The van der Waals surface area contributed by atoms with Crippen LogP contribution in [0.3, 0.4) is 0 Å². The topological polar surface area (TPSA) is 149 Å². The second-order valence-corrected chi connectivity index (χ2v) is 9.45. The Morgan fingerprint density at radius 3 is 2.06 bits per heavy atom. The third-order valence-corrected chi connectivity index (χ3v) is 5.37. The van der Waals surface area contributed by atoms with E-state index in [9.17, 15) is 28.8 Å². The van der Waals surface area contributed by atoms with Crippen LogP contribution >= 0.6 is 0 Å². The molecule has 0 saturated carbocycles. The van der Waals surface area contributed by atoms with E-state index in [0.717, 1.165) is 4.90 Å². The van der Waals surface area contributed by atoms with Gasteiger partial charge >= 0.3 is 5.97 Å². The maximum absolute atomic E-state index is 12.1. The van der Waals surface area contributed by atoms with Crippen molar-refractivity contribution in [2.75, 3.05) is 26.3 Å². The first-order valence-corrected chi connectivity index (χ1v) is 11.4. The molecule has 12 nitrogen and oxygen atoms in total. The molecule has 1 saturated heterocycles. The zero-order valence-corrected chi connectivity index (χ0v) is 20.6. The van der Waals surface area contributed by atoms with Crippen molar-refractivity contribution < 1.29 is 43.1 Å². The summed E-state index contributed by atoms with van der Waals surface area (Å²) in [5, 5.41) is 3.24. The maximum atomic E-state index is 12.1. The first kappa shape index (κ1) is 28.1. The predicted molar refractivity (Wildman–Crippen MR) is 120 cm³/mol. The zero-order chi connectivity index (χ0) is 26.2. The minimum absolute atomic E-state index is 0.00136. The van der Waals surface area contributed by atoms with E-state index in [1.165, 1.54) is 12.2 Å². The van der Waals surface area contributed by atoms with E-state index < -0.39 is 40.8 Å². The Kier molecular flexibility index (Phi) is 9.66. The highest BCUT2D eigenvalue weighted by Gasteiger charge is 2.33. The second kappa shape index (κ2) is 12.0. The summed E-state index contributed by atoms with van der Waals surface area (Å²) in [5.41, 5.74) is -1.30. The van der Waals surface area contributed by atoms with E-state index >= 15 is 0 Å². The van der Waals surface area contributed by atoms with Crippen molar-refractivity contribution in [2.24, 2.45) is 0 Å². The van der Waals surface area contributed by atoms with Crippen LogP contribution in [-0.2, 0) is 43.1 Å². The number of nitrogens with one attached hydrogen (secondary N) is 1. The van der Waals surface area contributed by atoms with Gasteiger partial charge in [-0.3, -0.25) is 28.9 Å². The van der Waals surface area contributed by atoms with E-state index in [1.54, 1.807) is 0 Å². The molecule has 0 aromatic rings. The number of hydrogen-bond donors (Lipinski definition) is 1. The largest absolute Gasteiger partial charge is 0.375 e. The average molecular weight is 496 g/mol. The van der Waals surface area contributed by atoms with Crippen molar-refractivity contribution in [1.29, 1.82) is 0 Å². The monoisotopic (exact) mass is 495 g/mol. The summed E-state index contributed by atoms with van der Waals surface area (Å²) in [7, 11) is 0. The molecule has 2 heterocycles. The molecule has 194 valence electrons. The standard InChI is InChI=1S/C23H33N3O9/c1-22(2,33-13-10-21(32)35-26-19(30)7-8-20(26)31)11-14-34-23(3,4)15-24-16(27)9-12-25-17(28)5-6-18(25)29/h5-6H,7-15H2,1-4H3,(H,24,27). The average Bonchev–Trinajstić information content (AvgIpc) is 3.25. The highest BCUT2D eigenvalue weighted by Crippen LogP contribution is 2.18. The van der Waals surface area contributed by atoms with Crippen LogP contribution in [-0.4, -0.2) is 83.0 Å². The SMILES string of the molecule is CC(C)(CCOC(C)(C)CNC(=O)CCN1C(=O)C=CC1=O)OCCC(=O)ON1C(=O)CCC1=O. The fraction of sp³-hybridized carbons (Fsp3) is 0.652. The van der Waals surface area contributed by atoms with Crippen LogP contribution in [0.25, 0.3) is 0 Å². The van der Waals surface area contributed by atoms with Gasteiger partial charge in [0, 0.05) is 44.5 Å². The van der Waals surface area contributed by atoms with Gasteiger partial charge in [0.1, 0.15) is 0 Å². The third-order valence-electron chi connectivity index (χ3n) is 5.37. The minimum Gasteiger partial charge on any atom is -0.375 e. The van der Waals surface area contributed by atoms with Crippen molar-refractivity contribution in [3.8, 4) is 0 Å². The molecule has 0 aromatic carbocycles. The van der Waals surface area contributed by atoms with Crippen LogP contribution in [0, 0.1) is 0 Å². The molecule has 0 unspecified atom stereocenters. The number of hydroxylamine groups is 2. The molecule has 0 radical (unpaired) electrons. The highest BCUT2D eigenvalue weighted by molar-refractivity contribution is 6.13.